The summed E-state index contributed by atoms with van der Waals surface area (Å²) in [6.07, 6.45) is 0. The predicted molar refractivity (Wildman–Crippen MR) is 84.1 cm³/mol. The molecule has 1 aromatic carbocycles. The average Bonchev–Trinajstić information content (AvgIpc) is 2.41. The summed E-state index contributed by atoms with van der Waals surface area (Å²) in [7, 11) is 0. The van der Waals surface area contributed by atoms with Crippen LogP contribution in [0.15, 0.2) is 35.1 Å². The Kier molecular flexibility index (Phi) is 4.12. The van der Waals surface area contributed by atoms with Gasteiger partial charge in [-0.25, -0.2) is 4.68 Å². The van der Waals surface area contributed by atoms with Crippen molar-refractivity contribution < 1.29 is 4.92 Å². The Bertz CT molecular complexity index is 773. The van der Waals surface area contributed by atoms with Gasteiger partial charge in [0, 0.05) is 23.1 Å². The molecule has 2 rings (SSSR count). The molecule has 0 saturated heterocycles. The maximum absolute atomic E-state index is 12.0. The standard InChI is InChI=1S/C16H19N3O3/c1-11-12(6-5-7-13(11)19(21)22)10-18-15(20)9-8-14(17-18)16(2,3)4/h5-9H,10H2,1-4H3. The highest BCUT2D eigenvalue weighted by molar-refractivity contribution is 5.44. The molecule has 0 aliphatic rings. The van der Waals surface area contributed by atoms with Gasteiger partial charge in [0.05, 0.1) is 17.2 Å². The lowest BCUT2D eigenvalue weighted by Crippen LogP contribution is -2.27. The molecule has 6 nitrogen and oxygen atoms in total. The van der Waals surface area contributed by atoms with Gasteiger partial charge in [-0.3, -0.25) is 14.9 Å². The van der Waals surface area contributed by atoms with E-state index < -0.39 is 4.92 Å². The van der Waals surface area contributed by atoms with Crippen LogP contribution in [0.25, 0.3) is 0 Å². The molecule has 0 fully saturated rings. The lowest BCUT2D eigenvalue weighted by atomic mass is 9.92. The molecule has 0 atom stereocenters. The number of benzene rings is 1. The Hall–Kier alpha value is -2.50. The van der Waals surface area contributed by atoms with Crippen LogP contribution in [-0.4, -0.2) is 14.7 Å². The maximum Gasteiger partial charge on any atom is 0.272 e. The minimum absolute atomic E-state index is 0.0533. The largest absolute Gasteiger partial charge is 0.272 e. The first kappa shape index (κ1) is 15.9. The van der Waals surface area contributed by atoms with Crippen LogP contribution in [0.2, 0.25) is 0 Å². The van der Waals surface area contributed by atoms with Crippen molar-refractivity contribution in [1.29, 1.82) is 0 Å². The van der Waals surface area contributed by atoms with E-state index in [9.17, 15) is 14.9 Å². The summed E-state index contributed by atoms with van der Waals surface area (Å²) in [5.74, 6) is 0. The Morgan fingerprint density at radius 3 is 2.50 bits per heavy atom. The second kappa shape index (κ2) is 5.71. The van der Waals surface area contributed by atoms with Gasteiger partial charge >= 0.3 is 0 Å². The second-order valence-corrected chi connectivity index (χ2v) is 6.28. The smallest absolute Gasteiger partial charge is 0.268 e. The monoisotopic (exact) mass is 301 g/mol. The molecule has 0 spiro atoms. The fourth-order valence-electron chi connectivity index (χ4n) is 2.16. The Morgan fingerprint density at radius 1 is 1.23 bits per heavy atom. The van der Waals surface area contributed by atoms with Crippen molar-refractivity contribution in [3.05, 3.63) is 67.6 Å². The minimum Gasteiger partial charge on any atom is -0.268 e. The predicted octanol–water partition coefficient (Wildman–Crippen LogP) is 2.81. The number of nitro benzene ring substituents is 1. The molecule has 1 aromatic heterocycles. The minimum atomic E-state index is -0.416. The lowest BCUT2D eigenvalue weighted by Gasteiger charge is -2.18. The van der Waals surface area contributed by atoms with Gasteiger partial charge in [-0.15, -0.1) is 0 Å². The third-order valence-corrected chi connectivity index (χ3v) is 3.57. The zero-order valence-corrected chi connectivity index (χ0v) is 13.2. The average molecular weight is 301 g/mol. The zero-order chi connectivity index (χ0) is 16.5. The van der Waals surface area contributed by atoms with E-state index in [1.165, 1.54) is 16.8 Å². The highest BCUT2D eigenvalue weighted by atomic mass is 16.6. The van der Waals surface area contributed by atoms with Crippen molar-refractivity contribution in [3.8, 4) is 0 Å². The molecular weight excluding hydrogens is 282 g/mol. The van der Waals surface area contributed by atoms with Gasteiger partial charge in [-0.1, -0.05) is 32.9 Å². The third-order valence-electron chi connectivity index (χ3n) is 3.57. The van der Waals surface area contributed by atoms with E-state index in [0.29, 0.717) is 5.56 Å². The van der Waals surface area contributed by atoms with E-state index in [4.69, 9.17) is 0 Å². The molecular formula is C16H19N3O3. The third kappa shape index (κ3) is 3.21. The number of hydrogen-bond acceptors (Lipinski definition) is 4. The number of nitrogens with zero attached hydrogens (tertiary/aromatic N) is 3. The zero-order valence-electron chi connectivity index (χ0n) is 13.2. The van der Waals surface area contributed by atoms with Gasteiger partial charge in [-0.2, -0.15) is 5.10 Å². The summed E-state index contributed by atoms with van der Waals surface area (Å²) < 4.78 is 1.35. The molecule has 0 amide bonds. The molecule has 0 aliphatic carbocycles. The fraction of sp³-hybridized carbons (Fsp3) is 0.375. The van der Waals surface area contributed by atoms with E-state index in [1.54, 1.807) is 25.1 Å². The number of hydrogen-bond donors (Lipinski definition) is 0. The van der Waals surface area contributed by atoms with Gasteiger partial charge in [0.15, 0.2) is 0 Å². The van der Waals surface area contributed by atoms with Gasteiger partial charge < -0.3 is 0 Å². The molecule has 6 heteroatoms. The molecule has 0 radical (unpaired) electrons. The molecule has 2 aromatic rings. The van der Waals surface area contributed by atoms with Crippen LogP contribution in [0.3, 0.4) is 0 Å². The molecule has 116 valence electrons. The Labute approximate surface area is 128 Å². The summed E-state index contributed by atoms with van der Waals surface area (Å²) >= 11 is 0. The van der Waals surface area contributed by atoms with Crippen LogP contribution < -0.4 is 5.56 Å². The summed E-state index contributed by atoms with van der Waals surface area (Å²) in [5, 5.41) is 15.4. The van der Waals surface area contributed by atoms with Crippen LogP contribution in [0, 0.1) is 17.0 Å². The quantitative estimate of drug-likeness (QED) is 0.645. The SMILES string of the molecule is Cc1c(Cn2nc(C(C)(C)C)ccc2=O)cccc1[N+](=O)[O-]. The summed E-state index contributed by atoms with van der Waals surface area (Å²) in [4.78, 5) is 22.6. The van der Waals surface area contributed by atoms with Crippen molar-refractivity contribution in [3.63, 3.8) is 0 Å². The molecule has 0 saturated carbocycles. The Morgan fingerprint density at radius 2 is 1.91 bits per heavy atom. The fourth-order valence-corrected chi connectivity index (χ4v) is 2.16. The molecule has 1 heterocycles. The van der Waals surface area contributed by atoms with Gasteiger partial charge in [-0.05, 0) is 18.6 Å². The van der Waals surface area contributed by atoms with Gasteiger partial charge in [0.1, 0.15) is 0 Å². The summed E-state index contributed by atoms with van der Waals surface area (Å²) in [5.41, 5.74) is 1.73. The van der Waals surface area contributed by atoms with Gasteiger partial charge in [0.25, 0.3) is 11.2 Å². The first-order chi connectivity index (χ1) is 10.2. The lowest BCUT2D eigenvalue weighted by molar-refractivity contribution is -0.385. The first-order valence-corrected chi connectivity index (χ1v) is 7.01. The summed E-state index contributed by atoms with van der Waals surface area (Å²) in [6.45, 7) is 7.96. The van der Waals surface area contributed by atoms with Crippen LogP contribution >= 0.6 is 0 Å². The number of aromatic nitrogens is 2. The van der Waals surface area contributed by atoms with Crippen molar-refractivity contribution in [2.75, 3.05) is 0 Å². The van der Waals surface area contributed by atoms with Crippen LogP contribution in [0.5, 0.6) is 0 Å². The van der Waals surface area contributed by atoms with Crippen molar-refractivity contribution in [2.45, 2.75) is 39.7 Å². The normalized spacial score (nSPS) is 11.5. The number of rotatable bonds is 3. The van der Waals surface area contributed by atoms with E-state index >= 15 is 0 Å². The van der Waals surface area contributed by atoms with E-state index in [1.807, 2.05) is 20.8 Å². The molecule has 0 unspecified atom stereocenters. The van der Waals surface area contributed by atoms with Crippen molar-refractivity contribution in [1.82, 2.24) is 9.78 Å². The van der Waals surface area contributed by atoms with Gasteiger partial charge in [0.2, 0.25) is 0 Å². The Balaban J connectivity index is 2.46. The van der Waals surface area contributed by atoms with Crippen molar-refractivity contribution >= 4 is 5.69 Å². The van der Waals surface area contributed by atoms with Crippen LogP contribution in [0.4, 0.5) is 5.69 Å². The number of nitro groups is 1. The van der Waals surface area contributed by atoms with E-state index in [0.717, 1.165) is 11.3 Å². The first-order valence-electron chi connectivity index (χ1n) is 7.01. The second-order valence-electron chi connectivity index (χ2n) is 6.28. The van der Waals surface area contributed by atoms with Crippen molar-refractivity contribution in [2.24, 2.45) is 0 Å². The van der Waals surface area contributed by atoms with E-state index in [-0.39, 0.29) is 23.2 Å². The molecule has 0 N–H and O–H groups in total. The highest BCUT2D eigenvalue weighted by Crippen LogP contribution is 2.22. The molecule has 0 bridgehead atoms. The molecule has 22 heavy (non-hydrogen) atoms. The molecule has 0 aliphatic heterocycles. The van der Waals surface area contributed by atoms with E-state index in [2.05, 4.69) is 5.10 Å². The highest BCUT2D eigenvalue weighted by Gasteiger charge is 2.18. The summed E-state index contributed by atoms with van der Waals surface area (Å²) in [6, 6.07) is 8.07. The van der Waals surface area contributed by atoms with Crippen LogP contribution in [0.1, 0.15) is 37.6 Å². The topological polar surface area (TPSA) is 78.0 Å². The maximum atomic E-state index is 12.0. The van der Waals surface area contributed by atoms with Crippen LogP contribution in [-0.2, 0) is 12.0 Å².